The summed E-state index contributed by atoms with van der Waals surface area (Å²) in [6.45, 7) is 0.109. The minimum Gasteiger partial charge on any atom is -0.378 e. The Hall–Kier alpha value is -2.44. The zero-order valence-corrected chi connectivity index (χ0v) is 12.6. The van der Waals surface area contributed by atoms with Crippen molar-refractivity contribution in [3.63, 3.8) is 0 Å². The van der Waals surface area contributed by atoms with Crippen LogP contribution in [0.25, 0.3) is 11.0 Å². The Bertz CT molecular complexity index is 865. The van der Waals surface area contributed by atoms with Crippen molar-refractivity contribution < 1.29 is 14.3 Å². The Morgan fingerprint density at radius 3 is 2.96 bits per heavy atom. The van der Waals surface area contributed by atoms with Crippen molar-refractivity contribution in [2.24, 2.45) is 0 Å². The lowest BCUT2D eigenvalue weighted by Gasteiger charge is -2.10. The van der Waals surface area contributed by atoms with E-state index < -0.39 is 17.8 Å². The molecule has 5 nitrogen and oxygen atoms in total. The lowest BCUT2D eigenvalue weighted by molar-refractivity contribution is -0.129. The Kier molecular flexibility index (Phi) is 4.27. The zero-order chi connectivity index (χ0) is 16.4. The van der Waals surface area contributed by atoms with Crippen LogP contribution in [-0.4, -0.2) is 21.0 Å². The van der Waals surface area contributed by atoms with Gasteiger partial charge in [0.1, 0.15) is 11.6 Å². The third kappa shape index (κ3) is 3.49. The van der Waals surface area contributed by atoms with Crippen molar-refractivity contribution in [2.45, 2.75) is 12.6 Å². The fourth-order valence-electron chi connectivity index (χ4n) is 2.21. The lowest BCUT2D eigenvalue weighted by atomic mass is 10.1. The molecule has 118 valence electrons. The Balaban J connectivity index is 1.67. The van der Waals surface area contributed by atoms with E-state index in [1.807, 2.05) is 0 Å². The average Bonchev–Trinajstić information content (AvgIpc) is 2.93. The molecule has 0 aliphatic heterocycles. The van der Waals surface area contributed by atoms with Crippen LogP contribution in [0.4, 0.5) is 4.39 Å². The molecule has 3 rings (SSSR count). The van der Waals surface area contributed by atoms with Crippen molar-refractivity contribution in [1.82, 2.24) is 15.3 Å². The summed E-state index contributed by atoms with van der Waals surface area (Å²) in [7, 11) is 0. The highest BCUT2D eigenvalue weighted by molar-refractivity contribution is 6.31. The smallest absolute Gasteiger partial charge is 0.253 e. The second kappa shape index (κ2) is 6.36. The van der Waals surface area contributed by atoms with E-state index in [4.69, 9.17) is 11.6 Å². The molecule has 1 aromatic heterocycles. The zero-order valence-electron chi connectivity index (χ0n) is 11.9. The summed E-state index contributed by atoms with van der Waals surface area (Å²) in [5.74, 6) is -0.611. The lowest BCUT2D eigenvalue weighted by Crippen LogP contribution is -2.29. The minimum absolute atomic E-state index is 0.109. The van der Waals surface area contributed by atoms with Gasteiger partial charge in [0.25, 0.3) is 5.91 Å². The van der Waals surface area contributed by atoms with Gasteiger partial charge in [0.2, 0.25) is 0 Å². The minimum atomic E-state index is -1.44. The van der Waals surface area contributed by atoms with Gasteiger partial charge in [-0.05, 0) is 35.9 Å². The van der Waals surface area contributed by atoms with E-state index in [1.54, 1.807) is 18.2 Å². The molecule has 1 heterocycles. The van der Waals surface area contributed by atoms with Gasteiger partial charge < -0.3 is 15.4 Å². The van der Waals surface area contributed by atoms with E-state index in [0.717, 1.165) is 17.1 Å². The number of carbonyl (C=O) groups is 1. The Morgan fingerprint density at radius 1 is 1.35 bits per heavy atom. The summed E-state index contributed by atoms with van der Waals surface area (Å²) in [6.07, 6.45) is -1.44. The molecule has 0 aliphatic carbocycles. The first-order valence-electron chi connectivity index (χ1n) is 6.88. The van der Waals surface area contributed by atoms with Gasteiger partial charge in [-0.25, -0.2) is 9.37 Å². The standard InChI is InChI=1S/C16H13ClFN3O2/c17-10-4-5-12-13(7-10)21-14(20-12)8-19-16(23)15(22)9-2-1-3-11(18)6-9/h1-7,15,22H,8H2,(H,19,23)(H,20,21). The molecule has 1 amide bonds. The summed E-state index contributed by atoms with van der Waals surface area (Å²) >= 11 is 5.90. The number of H-pyrrole nitrogens is 1. The van der Waals surface area contributed by atoms with Gasteiger partial charge in [0, 0.05) is 5.02 Å². The van der Waals surface area contributed by atoms with E-state index in [0.29, 0.717) is 10.8 Å². The normalized spacial score (nSPS) is 12.3. The molecule has 0 radical (unpaired) electrons. The summed E-state index contributed by atoms with van der Waals surface area (Å²) in [6, 6.07) is 10.5. The van der Waals surface area contributed by atoms with E-state index in [9.17, 15) is 14.3 Å². The number of halogens is 2. The van der Waals surface area contributed by atoms with Crippen LogP contribution < -0.4 is 5.32 Å². The summed E-state index contributed by atoms with van der Waals surface area (Å²) in [5, 5.41) is 13.1. The molecule has 3 N–H and O–H groups in total. The van der Waals surface area contributed by atoms with Crippen molar-refractivity contribution in [3.05, 3.63) is 64.7 Å². The number of aliphatic hydroxyl groups excluding tert-OH is 1. The van der Waals surface area contributed by atoms with Gasteiger partial charge in [0.15, 0.2) is 6.10 Å². The van der Waals surface area contributed by atoms with Crippen LogP contribution in [-0.2, 0) is 11.3 Å². The number of nitrogens with zero attached hydrogens (tertiary/aromatic N) is 1. The van der Waals surface area contributed by atoms with Crippen LogP contribution in [0.2, 0.25) is 5.02 Å². The molecule has 0 bridgehead atoms. The number of hydrogen-bond donors (Lipinski definition) is 3. The third-order valence-corrected chi connectivity index (χ3v) is 3.57. The predicted octanol–water partition coefficient (Wildman–Crippen LogP) is 2.71. The van der Waals surface area contributed by atoms with Crippen LogP contribution in [0.15, 0.2) is 42.5 Å². The van der Waals surface area contributed by atoms with Gasteiger partial charge in [-0.1, -0.05) is 23.7 Å². The van der Waals surface area contributed by atoms with Crippen molar-refractivity contribution >= 4 is 28.5 Å². The first-order chi connectivity index (χ1) is 11.0. The number of aromatic amines is 1. The number of benzene rings is 2. The van der Waals surface area contributed by atoms with Crippen LogP contribution in [0.5, 0.6) is 0 Å². The number of imidazole rings is 1. The van der Waals surface area contributed by atoms with Gasteiger partial charge >= 0.3 is 0 Å². The molecule has 0 spiro atoms. The highest BCUT2D eigenvalue weighted by Gasteiger charge is 2.18. The molecular weight excluding hydrogens is 321 g/mol. The number of aromatic nitrogens is 2. The molecular formula is C16H13ClFN3O2. The van der Waals surface area contributed by atoms with Crippen LogP contribution in [0.3, 0.4) is 0 Å². The summed E-state index contributed by atoms with van der Waals surface area (Å²) < 4.78 is 13.1. The van der Waals surface area contributed by atoms with Gasteiger partial charge in [-0.3, -0.25) is 4.79 Å². The maximum absolute atomic E-state index is 13.1. The molecule has 7 heteroatoms. The molecule has 0 saturated heterocycles. The fraction of sp³-hybridized carbons (Fsp3) is 0.125. The molecule has 1 atom stereocenters. The molecule has 0 fully saturated rings. The SMILES string of the molecule is O=C(NCc1nc2ccc(Cl)cc2[nH]1)C(O)c1cccc(F)c1. The quantitative estimate of drug-likeness (QED) is 0.687. The van der Waals surface area contributed by atoms with Gasteiger partial charge in [0.05, 0.1) is 17.6 Å². The summed E-state index contributed by atoms with van der Waals surface area (Å²) in [5.41, 5.74) is 1.68. The number of aliphatic hydroxyl groups is 1. The second-order valence-electron chi connectivity index (χ2n) is 5.02. The van der Waals surface area contributed by atoms with E-state index >= 15 is 0 Å². The van der Waals surface area contributed by atoms with Crippen LogP contribution >= 0.6 is 11.6 Å². The van der Waals surface area contributed by atoms with Crippen molar-refractivity contribution in [2.75, 3.05) is 0 Å². The molecule has 3 aromatic rings. The van der Waals surface area contributed by atoms with E-state index in [2.05, 4.69) is 15.3 Å². The highest BCUT2D eigenvalue weighted by atomic mass is 35.5. The van der Waals surface area contributed by atoms with E-state index in [-0.39, 0.29) is 12.1 Å². The number of hydrogen-bond acceptors (Lipinski definition) is 3. The van der Waals surface area contributed by atoms with Crippen molar-refractivity contribution in [3.8, 4) is 0 Å². The summed E-state index contributed by atoms with van der Waals surface area (Å²) in [4.78, 5) is 19.3. The number of rotatable bonds is 4. The fourth-order valence-corrected chi connectivity index (χ4v) is 2.39. The molecule has 2 aromatic carbocycles. The molecule has 0 saturated carbocycles. The van der Waals surface area contributed by atoms with Crippen molar-refractivity contribution in [1.29, 1.82) is 0 Å². The number of amides is 1. The number of fused-ring (bicyclic) bond motifs is 1. The van der Waals surface area contributed by atoms with Crippen LogP contribution in [0.1, 0.15) is 17.5 Å². The predicted molar refractivity (Wildman–Crippen MR) is 84.3 cm³/mol. The molecule has 0 aliphatic rings. The number of carbonyl (C=O) groups excluding carboxylic acids is 1. The Labute approximate surface area is 136 Å². The third-order valence-electron chi connectivity index (χ3n) is 3.34. The first-order valence-corrected chi connectivity index (χ1v) is 7.26. The second-order valence-corrected chi connectivity index (χ2v) is 5.46. The highest BCUT2D eigenvalue weighted by Crippen LogP contribution is 2.17. The maximum Gasteiger partial charge on any atom is 0.253 e. The molecule has 23 heavy (non-hydrogen) atoms. The topological polar surface area (TPSA) is 78.0 Å². The van der Waals surface area contributed by atoms with E-state index in [1.165, 1.54) is 18.2 Å². The average molecular weight is 334 g/mol. The number of nitrogens with one attached hydrogen (secondary N) is 2. The van der Waals surface area contributed by atoms with Crippen LogP contribution in [0, 0.1) is 5.82 Å². The Morgan fingerprint density at radius 2 is 2.17 bits per heavy atom. The van der Waals surface area contributed by atoms with Gasteiger partial charge in [-0.15, -0.1) is 0 Å². The molecule has 1 unspecified atom stereocenters. The maximum atomic E-state index is 13.1. The monoisotopic (exact) mass is 333 g/mol. The largest absolute Gasteiger partial charge is 0.378 e. The van der Waals surface area contributed by atoms with Gasteiger partial charge in [-0.2, -0.15) is 0 Å². The first kappa shape index (κ1) is 15.5.